The van der Waals surface area contributed by atoms with Gasteiger partial charge in [-0.3, -0.25) is 0 Å². The molecule has 158 valence electrons. The molecule has 4 heteroatoms. The predicted molar refractivity (Wildman–Crippen MR) is 127 cm³/mol. The minimum atomic E-state index is -0.327. The maximum Gasteiger partial charge on any atom is 0.343 e. The molecule has 1 aliphatic carbocycles. The molecule has 1 heterocycles. The number of hydrogen-bond donors (Lipinski definition) is 0. The number of likely N-dealkylation sites (N-methyl/N-ethyl adjacent to an activating group) is 1. The highest BCUT2D eigenvalue weighted by Gasteiger charge is 2.51. The zero-order chi connectivity index (χ0) is 21.6. The van der Waals surface area contributed by atoms with E-state index in [0.717, 1.165) is 23.9 Å². The molecule has 5 rings (SSSR count). The molecule has 3 atom stereocenters. The van der Waals surface area contributed by atoms with Gasteiger partial charge in [-0.25, -0.2) is 4.79 Å². The molecular weight excluding hydrogens is 450 g/mol. The van der Waals surface area contributed by atoms with Crippen molar-refractivity contribution in [3.8, 4) is 5.75 Å². The van der Waals surface area contributed by atoms with E-state index in [1.54, 1.807) is 12.1 Å². The Balaban J connectivity index is 1.57. The molecule has 2 bridgehead atoms. The summed E-state index contributed by atoms with van der Waals surface area (Å²) in [7, 11) is 2.25. The van der Waals surface area contributed by atoms with Gasteiger partial charge in [0.1, 0.15) is 5.75 Å². The Bertz CT molecular complexity index is 1110. The summed E-state index contributed by atoms with van der Waals surface area (Å²) < 4.78 is 6.76. The summed E-state index contributed by atoms with van der Waals surface area (Å²) in [4.78, 5) is 15.2. The number of carbonyl (C=O) groups excluding carboxylic acids is 1. The number of halogens is 1. The third-order valence-corrected chi connectivity index (χ3v) is 7.88. The number of nitrogens with zero attached hydrogens (tertiary/aromatic N) is 1. The van der Waals surface area contributed by atoms with Gasteiger partial charge >= 0.3 is 5.97 Å². The summed E-state index contributed by atoms with van der Waals surface area (Å²) >= 11 is 3.41. The van der Waals surface area contributed by atoms with Crippen LogP contribution in [0.3, 0.4) is 0 Å². The van der Waals surface area contributed by atoms with Gasteiger partial charge in [0.2, 0.25) is 0 Å². The molecule has 0 spiro atoms. The first kappa shape index (κ1) is 20.5. The van der Waals surface area contributed by atoms with Crippen molar-refractivity contribution in [2.75, 3.05) is 13.6 Å². The largest absolute Gasteiger partial charge is 0.423 e. The number of esters is 1. The number of benzene rings is 3. The topological polar surface area (TPSA) is 29.5 Å². The van der Waals surface area contributed by atoms with Crippen LogP contribution in [-0.2, 0) is 11.8 Å². The van der Waals surface area contributed by atoms with E-state index in [9.17, 15) is 4.79 Å². The van der Waals surface area contributed by atoms with Crippen LogP contribution in [0.1, 0.15) is 40.4 Å². The first-order valence-corrected chi connectivity index (χ1v) is 11.7. The first-order chi connectivity index (χ1) is 15.0. The van der Waals surface area contributed by atoms with Crippen LogP contribution < -0.4 is 4.74 Å². The summed E-state index contributed by atoms with van der Waals surface area (Å²) in [6, 6.07) is 24.9. The average molecular weight is 476 g/mol. The Hall–Kier alpha value is -2.43. The lowest BCUT2D eigenvalue weighted by molar-refractivity contribution is 0.0609. The Morgan fingerprint density at radius 3 is 2.55 bits per heavy atom. The van der Waals surface area contributed by atoms with Gasteiger partial charge in [0.25, 0.3) is 0 Å². The van der Waals surface area contributed by atoms with Crippen LogP contribution in [0, 0.1) is 5.92 Å². The second kappa shape index (κ2) is 7.92. The van der Waals surface area contributed by atoms with Gasteiger partial charge in [0.15, 0.2) is 0 Å². The third-order valence-electron chi connectivity index (χ3n) is 7.35. The summed E-state index contributed by atoms with van der Waals surface area (Å²) in [5.41, 5.74) is 4.52. The SMILES string of the molecule is CC1C2Cc3ccc(OC(=O)c4ccc(Br)cc4)cc3C1(c1ccccc1)CCN2C. The van der Waals surface area contributed by atoms with Crippen molar-refractivity contribution >= 4 is 21.9 Å². The number of fused-ring (bicyclic) bond motifs is 4. The van der Waals surface area contributed by atoms with Crippen LogP contribution in [-0.4, -0.2) is 30.5 Å². The van der Waals surface area contributed by atoms with E-state index in [4.69, 9.17) is 4.74 Å². The number of rotatable bonds is 3. The summed E-state index contributed by atoms with van der Waals surface area (Å²) in [6.07, 6.45) is 2.09. The van der Waals surface area contributed by atoms with Crippen molar-refractivity contribution < 1.29 is 9.53 Å². The molecule has 0 radical (unpaired) electrons. The Morgan fingerprint density at radius 2 is 1.81 bits per heavy atom. The van der Waals surface area contributed by atoms with Crippen LogP contribution in [0.25, 0.3) is 0 Å². The number of ether oxygens (including phenoxy) is 1. The van der Waals surface area contributed by atoms with Crippen LogP contribution in [0.15, 0.2) is 77.3 Å². The molecule has 3 unspecified atom stereocenters. The quantitative estimate of drug-likeness (QED) is 0.351. The molecule has 31 heavy (non-hydrogen) atoms. The summed E-state index contributed by atoms with van der Waals surface area (Å²) in [6.45, 7) is 3.45. The van der Waals surface area contributed by atoms with Gasteiger partial charge < -0.3 is 9.64 Å². The van der Waals surface area contributed by atoms with E-state index in [2.05, 4.69) is 77.3 Å². The highest BCUT2D eigenvalue weighted by molar-refractivity contribution is 9.10. The third kappa shape index (κ3) is 3.42. The molecule has 3 aromatic rings. The smallest absolute Gasteiger partial charge is 0.343 e. The molecule has 0 amide bonds. The van der Waals surface area contributed by atoms with Gasteiger partial charge in [-0.15, -0.1) is 0 Å². The molecule has 0 aromatic heterocycles. The lowest BCUT2D eigenvalue weighted by Crippen LogP contribution is -2.58. The molecule has 1 fully saturated rings. The second-order valence-corrected chi connectivity index (χ2v) is 9.76. The maximum absolute atomic E-state index is 12.7. The van der Waals surface area contributed by atoms with E-state index >= 15 is 0 Å². The molecule has 0 saturated carbocycles. The lowest BCUT2D eigenvalue weighted by Gasteiger charge is -2.55. The van der Waals surface area contributed by atoms with Crippen LogP contribution in [0.5, 0.6) is 5.75 Å². The molecule has 2 aliphatic rings. The number of hydrogen-bond acceptors (Lipinski definition) is 3. The van der Waals surface area contributed by atoms with E-state index in [-0.39, 0.29) is 11.4 Å². The van der Waals surface area contributed by atoms with Crippen LogP contribution >= 0.6 is 15.9 Å². The number of piperidine rings is 1. The molecule has 1 aliphatic heterocycles. The van der Waals surface area contributed by atoms with Crippen molar-refractivity contribution in [1.82, 2.24) is 4.90 Å². The maximum atomic E-state index is 12.7. The second-order valence-electron chi connectivity index (χ2n) is 8.84. The fraction of sp³-hybridized carbons (Fsp3) is 0.296. The van der Waals surface area contributed by atoms with E-state index in [1.807, 2.05) is 18.2 Å². The highest BCUT2D eigenvalue weighted by Crippen LogP contribution is 2.53. The van der Waals surface area contributed by atoms with Gasteiger partial charge in [-0.2, -0.15) is 0 Å². The zero-order valence-corrected chi connectivity index (χ0v) is 19.4. The Morgan fingerprint density at radius 1 is 1.06 bits per heavy atom. The van der Waals surface area contributed by atoms with Gasteiger partial charge in [0, 0.05) is 15.9 Å². The van der Waals surface area contributed by atoms with Gasteiger partial charge in [-0.1, -0.05) is 59.3 Å². The predicted octanol–water partition coefficient (Wildman–Crippen LogP) is 5.85. The Labute approximate surface area is 192 Å². The van der Waals surface area contributed by atoms with Crippen LogP contribution in [0.2, 0.25) is 0 Å². The minimum Gasteiger partial charge on any atom is -0.423 e. The lowest BCUT2D eigenvalue weighted by atomic mass is 9.55. The minimum absolute atomic E-state index is 0.0634. The normalized spacial score (nSPS) is 25.0. The summed E-state index contributed by atoms with van der Waals surface area (Å²) in [5.74, 6) is 0.761. The average Bonchev–Trinajstić information content (AvgIpc) is 2.78. The molecule has 3 aromatic carbocycles. The molecule has 1 saturated heterocycles. The van der Waals surface area contributed by atoms with Crippen LogP contribution in [0.4, 0.5) is 0 Å². The van der Waals surface area contributed by atoms with Crippen molar-refractivity contribution in [2.45, 2.75) is 31.2 Å². The Kier molecular flexibility index (Phi) is 5.23. The first-order valence-electron chi connectivity index (χ1n) is 10.9. The highest BCUT2D eigenvalue weighted by atomic mass is 79.9. The molecule has 3 nitrogen and oxygen atoms in total. The number of carbonyl (C=O) groups is 1. The molecular formula is C27H26BrNO2. The van der Waals surface area contributed by atoms with E-state index in [1.165, 1.54) is 16.7 Å². The summed E-state index contributed by atoms with van der Waals surface area (Å²) in [5, 5.41) is 0. The monoisotopic (exact) mass is 475 g/mol. The fourth-order valence-electron chi connectivity index (χ4n) is 5.66. The fourth-order valence-corrected chi connectivity index (χ4v) is 5.92. The zero-order valence-electron chi connectivity index (χ0n) is 17.8. The molecule has 0 N–H and O–H groups in total. The standard InChI is InChI=1S/C27H26BrNO2/c1-18-25-16-20-10-13-23(31-26(30)19-8-11-22(28)12-9-19)17-24(20)27(18,14-15-29(25)2)21-6-4-3-5-7-21/h3-13,17-18,25H,14-16H2,1-2H3. The van der Waals surface area contributed by atoms with Gasteiger partial charge in [-0.05, 0) is 85.4 Å². The van der Waals surface area contributed by atoms with E-state index in [0.29, 0.717) is 23.3 Å². The van der Waals surface area contributed by atoms with Crippen molar-refractivity contribution in [1.29, 1.82) is 0 Å². The van der Waals surface area contributed by atoms with Crippen molar-refractivity contribution in [3.05, 3.63) is 99.5 Å². The van der Waals surface area contributed by atoms with Gasteiger partial charge in [0.05, 0.1) is 5.56 Å². The van der Waals surface area contributed by atoms with Crippen molar-refractivity contribution in [3.63, 3.8) is 0 Å². The van der Waals surface area contributed by atoms with Crippen molar-refractivity contribution in [2.24, 2.45) is 5.92 Å². The van der Waals surface area contributed by atoms with E-state index < -0.39 is 0 Å². The number of likely N-dealkylation sites (tertiary alicyclic amines) is 1.